The first-order valence-electron chi connectivity index (χ1n) is 7.20. The molecule has 9 heteroatoms. The highest BCUT2D eigenvalue weighted by atomic mass is 16.6. The molecule has 0 atom stereocenters. The molecule has 0 bridgehead atoms. The van der Waals surface area contributed by atoms with E-state index >= 15 is 0 Å². The summed E-state index contributed by atoms with van der Waals surface area (Å²) in [4.78, 5) is 14.7. The van der Waals surface area contributed by atoms with Crippen LogP contribution in [0.4, 0.5) is 11.4 Å². The Hall–Kier alpha value is -3.23. The Kier molecular flexibility index (Phi) is 3.55. The van der Waals surface area contributed by atoms with Gasteiger partial charge in [-0.1, -0.05) is 17.3 Å². The molecule has 0 radical (unpaired) electrons. The minimum absolute atomic E-state index is 0.102. The third-order valence-electron chi connectivity index (χ3n) is 3.92. The quantitative estimate of drug-likeness (QED) is 0.443. The van der Waals surface area contributed by atoms with E-state index in [1.54, 1.807) is 19.9 Å². The number of aromatic nitrogens is 4. The van der Waals surface area contributed by atoms with Gasteiger partial charge in [0.1, 0.15) is 17.9 Å². The summed E-state index contributed by atoms with van der Waals surface area (Å²) in [6.45, 7) is 5.45. The second-order valence-corrected chi connectivity index (χ2v) is 5.90. The fourth-order valence-electron chi connectivity index (χ4n) is 2.29. The van der Waals surface area contributed by atoms with Crippen LogP contribution < -0.4 is 5.73 Å². The number of nitrogens with two attached hydrogens (primary N) is 1. The van der Waals surface area contributed by atoms with Crippen molar-refractivity contribution in [1.29, 1.82) is 0 Å². The predicted molar refractivity (Wildman–Crippen MR) is 86.2 cm³/mol. The van der Waals surface area contributed by atoms with Gasteiger partial charge in [0, 0.05) is 11.3 Å². The summed E-state index contributed by atoms with van der Waals surface area (Å²) in [6.07, 6.45) is 2.51. The number of benzene rings is 1. The zero-order valence-corrected chi connectivity index (χ0v) is 13.4. The standard InChI is InChI=1S/C15H16N6O3/c1-9-11(5-4-6-12(9)16)13-18-14(24-19-13)15(2,3)20-8-10(7-17-20)21(22)23/h4-8H,16H2,1-3H3. The highest BCUT2D eigenvalue weighted by molar-refractivity contribution is 5.67. The summed E-state index contributed by atoms with van der Waals surface area (Å²) < 4.78 is 6.80. The molecule has 1 aromatic carbocycles. The number of hydrogen-bond acceptors (Lipinski definition) is 7. The number of nitrogens with zero attached hydrogens (tertiary/aromatic N) is 5. The SMILES string of the molecule is Cc1c(N)cccc1-c1noc(C(C)(C)n2cc([N+](=O)[O-])cn2)n1. The van der Waals surface area contributed by atoms with Crippen molar-refractivity contribution in [2.45, 2.75) is 26.3 Å². The number of nitrogen functional groups attached to an aromatic ring is 1. The molecule has 0 saturated carbocycles. The van der Waals surface area contributed by atoms with Gasteiger partial charge in [0.2, 0.25) is 5.82 Å². The molecule has 2 aromatic heterocycles. The number of anilines is 1. The van der Waals surface area contributed by atoms with E-state index in [2.05, 4.69) is 15.2 Å². The molecular weight excluding hydrogens is 312 g/mol. The first kappa shape index (κ1) is 15.7. The smallest absolute Gasteiger partial charge is 0.307 e. The topological polar surface area (TPSA) is 126 Å². The van der Waals surface area contributed by atoms with E-state index in [-0.39, 0.29) is 11.6 Å². The van der Waals surface area contributed by atoms with Crippen molar-refractivity contribution in [2.24, 2.45) is 0 Å². The van der Waals surface area contributed by atoms with Crippen LogP contribution in [0.2, 0.25) is 0 Å². The third-order valence-corrected chi connectivity index (χ3v) is 3.92. The van der Waals surface area contributed by atoms with Crippen LogP contribution in [0.3, 0.4) is 0 Å². The Morgan fingerprint density at radius 1 is 1.38 bits per heavy atom. The lowest BCUT2D eigenvalue weighted by Gasteiger charge is -2.19. The fourth-order valence-corrected chi connectivity index (χ4v) is 2.29. The van der Waals surface area contributed by atoms with Gasteiger partial charge in [-0.05, 0) is 32.4 Å². The molecule has 2 heterocycles. The Balaban J connectivity index is 1.99. The molecule has 0 aliphatic carbocycles. The van der Waals surface area contributed by atoms with Crippen LogP contribution in [0, 0.1) is 17.0 Å². The monoisotopic (exact) mass is 328 g/mol. The zero-order valence-electron chi connectivity index (χ0n) is 13.4. The molecule has 0 aliphatic heterocycles. The van der Waals surface area contributed by atoms with Crippen LogP contribution in [-0.4, -0.2) is 24.8 Å². The van der Waals surface area contributed by atoms with E-state index in [0.717, 1.165) is 11.1 Å². The summed E-state index contributed by atoms with van der Waals surface area (Å²) in [6, 6.07) is 5.47. The van der Waals surface area contributed by atoms with Crippen molar-refractivity contribution in [3.05, 3.63) is 52.2 Å². The summed E-state index contributed by atoms with van der Waals surface area (Å²) in [5.74, 6) is 0.696. The molecule has 0 unspecified atom stereocenters. The Morgan fingerprint density at radius 3 is 2.79 bits per heavy atom. The van der Waals surface area contributed by atoms with Crippen molar-refractivity contribution in [3.63, 3.8) is 0 Å². The van der Waals surface area contributed by atoms with Crippen LogP contribution in [0.15, 0.2) is 35.1 Å². The van der Waals surface area contributed by atoms with E-state index in [1.807, 2.05) is 19.1 Å². The molecule has 2 N–H and O–H groups in total. The van der Waals surface area contributed by atoms with Gasteiger partial charge in [-0.25, -0.2) is 0 Å². The van der Waals surface area contributed by atoms with Crippen molar-refractivity contribution in [3.8, 4) is 11.4 Å². The number of hydrogen-bond donors (Lipinski definition) is 1. The maximum absolute atomic E-state index is 10.8. The van der Waals surface area contributed by atoms with Crippen LogP contribution in [0.5, 0.6) is 0 Å². The average Bonchev–Trinajstić information content (AvgIpc) is 3.19. The van der Waals surface area contributed by atoms with Gasteiger partial charge in [0.25, 0.3) is 5.89 Å². The second-order valence-electron chi connectivity index (χ2n) is 5.90. The highest BCUT2D eigenvalue weighted by Crippen LogP contribution is 2.29. The maximum Gasteiger partial charge on any atom is 0.307 e. The molecule has 0 aliphatic rings. The minimum atomic E-state index is -0.840. The number of rotatable bonds is 4. The number of nitro groups is 1. The summed E-state index contributed by atoms with van der Waals surface area (Å²) in [7, 11) is 0. The molecule has 3 rings (SSSR count). The van der Waals surface area contributed by atoms with Gasteiger partial charge in [0.05, 0.1) is 4.92 Å². The van der Waals surface area contributed by atoms with Crippen molar-refractivity contribution < 1.29 is 9.45 Å². The molecule has 0 saturated heterocycles. The van der Waals surface area contributed by atoms with Gasteiger partial charge in [-0.2, -0.15) is 10.1 Å². The third kappa shape index (κ3) is 2.49. The summed E-state index contributed by atoms with van der Waals surface area (Å²) in [5.41, 5.74) is 7.24. The maximum atomic E-state index is 10.8. The van der Waals surface area contributed by atoms with E-state index in [1.165, 1.54) is 17.1 Å². The highest BCUT2D eigenvalue weighted by Gasteiger charge is 2.32. The lowest BCUT2D eigenvalue weighted by atomic mass is 10.1. The molecule has 9 nitrogen and oxygen atoms in total. The van der Waals surface area contributed by atoms with Gasteiger partial charge >= 0.3 is 5.69 Å². The van der Waals surface area contributed by atoms with Crippen molar-refractivity contribution in [2.75, 3.05) is 5.73 Å². The summed E-state index contributed by atoms with van der Waals surface area (Å²) >= 11 is 0. The van der Waals surface area contributed by atoms with Gasteiger partial charge in [-0.3, -0.25) is 14.8 Å². The zero-order chi connectivity index (χ0) is 17.5. The normalized spacial score (nSPS) is 11.6. The van der Waals surface area contributed by atoms with Crippen molar-refractivity contribution >= 4 is 11.4 Å². The molecule has 0 spiro atoms. The van der Waals surface area contributed by atoms with E-state index in [4.69, 9.17) is 10.3 Å². The van der Waals surface area contributed by atoms with E-state index in [0.29, 0.717) is 11.5 Å². The minimum Gasteiger partial charge on any atom is -0.398 e. The van der Waals surface area contributed by atoms with Gasteiger partial charge in [-0.15, -0.1) is 0 Å². The molecule has 0 amide bonds. The Bertz CT molecular complexity index is 912. The first-order valence-corrected chi connectivity index (χ1v) is 7.20. The second kappa shape index (κ2) is 5.44. The van der Waals surface area contributed by atoms with Crippen LogP contribution in [0.1, 0.15) is 25.3 Å². The van der Waals surface area contributed by atoms with Crippen molar-refractivity contribution in [1.82, 2.24) is 19.9 Å². The lowest BCUT2D eigenvalue weighted by molar-refractivity contribution is -0.385. The molecule has 3 aromatic rings. The molecular formula is C15H16N6O3. The van der Waals surface area contributed by atoms with Crippen LogP contribution >= 0.6 is 0 Å². The average molecular weight is 328 g/mol. The Labute approximate surface area is 137 Å². The van der Waals surface area contributed by atoms with E-state index in [9.17, 15) is 10.1 Å². The van der Waals surface area contributed by atoms with Gasteiger partial charge in [0.15, 0.2) is 0 Å². The lowest BCUT2D eigenvalue weighted by Crippen LogP contribution is -2.28. The van der Waals surface area contributed by atoms with E-state index < -0.39 is 10.5 Å². The predicted octanol–water partition coefficient (Wildman–Crippen LogP) is 2.52. The largest absolute Gasteiger partial charge is 0.398 e. The molecule has 0 fully saturated rings. The van der Waals surface area contributed by atoms with Crippen LogP contribution in [-0.2, 0) is 5.54 Å². The van der Waals surface area contributed by atoms with Gasteiger partial charge < -0.3 is 10.3 Å². The summed E-state index contributed by atoms with van der Waals surface area (Å²) in [5, 5.41) is 18.9. The van der Waals surface area contributed by atoms with Crippen LogP contribution in [0.25, 0.3) is 11.4 Å². The first-order chi connectivity index (χ1) is 11.3. The molecule has 124 valence electrons. The Morgan fingerprint density at radius 2 is 2.12 bits per heavy atom. The molecule has 24 heavy (non-hydrogen) atoms. The fraction of sp³-hybridized carbons (Fsp3) is 0.267.